The van der Waals surface area contributed by atoms with Crippen LogP contribution in [0.4, 0.5) is 5.69 Å². The maximum absolute atomic E-state index is 10.5. The molecule has 0 N–H and O–H groups in total. The van der Waals surface area contributed by atoms with Gasteiger partial charge < -0.3 is 4.74 Å². The van der Waals surface area contributed by atoms with E-state index in [1.54, 1.807) is 12.1 Å². The molecule has 1 rings (SSSR count). The molecule has 0 bridgehead atoms. The highest BCUT2D eigenvalue weighted by molar-refractivity contribution is 5.37. The van der Waals surface area contributed by atoms with Crippen LogP contribution in [0.25, 0.3) is 0 Å². The zero-order valence-corrected chi connectivity index (χ0v) is 8.81. The van der Waals surface area contributed by atoms with E-state index in [2.05, 4.69) is 6.92 Å². The van der Waals surface area contributed by atoms with Crippen LogP contribution in [0, 0.1) is 10.1 Å². The third kappa shape index (κ3) is 3.97. The lowest BCUT2D eigenvalue weighted by molar-refractivity contribution is -0.384. The number of unbranched alkanes of at least 4 members (excludes halogenated alkanes) is 2. The summed E-state index contributed by atoms with van der Waals surface area (Å²) in [6, 6.07) is 6.27. The molecule has 0 aliphatic carbocycles. The highest BCUT2D eigenvalue weighted by Crippen LogP contribution is 2.19. The first-order valence-corrected chi connectivity index (χ1v) is 5.11. The van der Waals surface area contributed by atoms with E-state index in [4.69, 9.17) is 4.74 Å². The van der Waals surface area contributed by atoms with Crippen molar-refractivity contribution in [1.82, 2.24) is 0 Å². The summed E-state index contributed by atoms with van der Waals surface area (Å²) in [5.41, 5.74) is 0.0722. The van der Waals surface area contributed by atoms with Crippen LogP contribution in [0.3, 0.4) is 0 Å². The maximum atomic E-state index is 10.5. The molecule has 0 aliphatic heterocycles. The zero-order valence-electron chi connectivity index (χ0n) is 8.81. The van der Waals surface area contributed by atoms with Crippen molar-refractivity contribution in [3.8, 4) is 5.75 Å². The Hall–Kier alpha value is -1.58. The standard InChI is InChI=1S/C11H15NO3/c1-2-3-4-8-15-11-7-5-6-10(9-11)12(13)14/h5-7,9H,2-4,8H2,1H3. The highest BCUT2D eigenvalue weighted by Gasteiger charge is 2.05. The molecule has 15 heavy (non-hydrogen) atoms. The molecular weight excluding hydrogens is 194 g/mol. The van der Waals surface area contributed by atoms with Gasteiger partial charge >= 0.3 is 0 Å². The summed E-state index contributed by atoms with van der Waals surface area (Å²) in [5.74, 6) is 0.570. The van der Waals surface area contributed by atoms with Crippen molar-refractivity contribution >= 4 is 5.69 Å². The van der Waals surface area contributed by atoms with Crippen LogP contribution in [-0.4, -0.2) is 11.5 Å². The Morgan fingerprint density at radius 2 is 2.20 bits per heavy atom. The number of hydrogen-bond donors (Lipinski definition) is 0. The van der Waals surface area contributed by atoms with E-state index in [1.807, 2.05) is 0 Å². The maximum Gasteiger partial charge on any atom is 0.273 e. The van der Waals surface area contributed by atoms with Gasteiger partial charge in [0.15, 0.2) is 0 Å². The van der Waals surface area contributed by atoms with Crippen molar-refractivity contribution in [3.05, 3.63) is 34.4 Å². The fourth-order valence-electron chi connectivity index (χ4n) is 1.23. The minimum absolute atomic E-state index is 0.0722. The third-order valence-corrected chi connectivity index (χ3v) is 2.05. The number of nitro groups is 1. The third-order valence-electron chi connectivity index (χ3n) is 2.05. The molecule has 0 aromatic heterocycles. The molecule has 0 radical (unpaired) electrons. The van der Waals surface area contributed by atoms with Crippen molar-refractivity contribution in [2.45, 2.75) is 26.2 Å². The number of hydrogen-bond acceptors (Lipinski definition) is 3. The summed E-state index contributed by atoms with van der Waals surface area (Å²) in [6.07, 6.45) is 3.24. The van der Waals surface area contributed by atoms with E-state index < -0.39 is 4.92 Å². The van der Waals surface area contributed by atoms with Crippen molar-refractivity contribution in [3.63, 3.8) is 0 Å². The first-order valence-electron chi connectivity index (χ1n) is 5.11. The lowest BCUT2D eigenvalue weighted by atomic mass is 10.2. The van der Waals surface area contributed by atoms with Gasteiger partial charge in [-0.25, -0.2) is 0 Å². The molecule has 0 heterocycles. The normalized spacial score (nSPS) is 9.93. The second kappa shape index (κ2) is 6.01. The van der Waals surface area contributed by atoms with Crippen LogP contribution < -0.4 is 4.74 Å². The Labute approximate surface area is 89.0 Å². The number of benzene rings is 1. The van der Waals surface area contributed by atoms with Gasteiger partial charge in [0.25, 0.3) is 5.69 Å². The van der Waals surface area contributed by atoms with Gasteiger partial charge in [0.2, 0.25) is 0 Å². The molecule has 4 nitrogen and oxygen atoms in total. The topological polar surface area (TPSA) is 52.4 Å². The Balaban J connectivity index is 2.47. The lowest BCUT2D eigenvalue weighted by Gasteiger charge is -2.04. The largest absolute Gasteiger partial charge is 0.493 e. The highest BCUT2D eigenvalue weighted by atomic mass is 16.6. The van der Waals surface area contributed by atoms with E-state index in [-0.39, 0.29) is 5.69 Å². The fourth-order valence-corrected chi connectivity index (χ4v) is 1.23. The Morgan fingerprint density at radius 3 is 2.87 bits per heavy atom. The van der Waals surface area contributed by atoms with Gasteiger partial charge in [-0.15, -0.1) is 0 Å². The zero-order chi connectivity index (χ0) is 11.1. The predicted molar refractivity (Wildman–Crippen MR) is 58.1 cm³/mol. The van der Waals surface area contributed by atoms with Gasteiger partial charge in [-0.3, -0.25) is 10.1 Å². The summed E-state index contributed by atoms with van der Waals surface area (Å²) in [6.45, 7) is 2.74. The summed E-state index contributed by atoms with van der Waals surface area (Å²) in [4.78, 5) is 10.1. The second-order valence-electron chi connectivity index (χ2n) is 3.31. The van der Waals surface area contributed by atoms with Crippen LogP contribution >= 0.6 is 0 Å². The molecule has 1 aromatic rings. The first-order chi connectivity index (χ1) is 7.24. The van der Waals surface area contributed by atoms with E-state index in [9.17, 15) is 10.1 Å². The average Bonchev–Trinajstić information content (AvgIpc) is 2.25. The van der Waals surface area contributed by atoms with Gasteiger partial charge in [-0.1, -0.05) is 25.8 Å². The number of rotatable bonds is 6. The molecule has 1 aromatic carbocycles. The van der Waals surface area contributed by atoms with Gasteiger partial charge in [-0.2, -0.15) is 0 Å². The van der Waals surface area contributed by atoms with Crippen LogP contribution in [0.1, 0.15) is 26.2 Å². The van der Waals surface area contributed by atoms with Crippen molar-refractivity contribution < 1.29 is 9.66 Å². The molecule has 0 atom stereocenters. The van der Waals surface area contributed by atoms with Crippen LogP contribution in [0.15, 0.2) is 24.3 Å². The number of ether oxygens (including phenoxy) is 1. The van der Waals surface area contributed by atoms with Crippen molar-refractivity contribution in [2.75, 3.05) is 6.61 Å². The molecule has 0 amide bonds. The molecule has 0 aliphatic rings. The molecule has 82 valence electrons. The monoisotopic (exact) mass is 209 g/mol. The molecule has 0 fully saturated rings. The van der Waals surface area contributed by atoms with Crippen molar-refractivity contribution in [2.24, 2.45) is 0 Å². The summed E-state index contributed by atoms with van der Waals surface area (Å²) >= 11 is 0. The molecule has 0 saturated carbocycles. The molecule has 0 unspecified atom stereocenters. The Bertz CT molecular complexity index is 325. The number of nitro benzene ring substituents is 1. The SMILES string of the molecule is CCCCCOc1cccc([N+](=O)[O-])c1. The van der Waals surface area contributed by atoms with Crippen molar-refractivity contribution in [1.29, 1.82) is 0 Å². The van der Waals surface area contributed by atoms with Gasteiger partial charge in [-0.05, 0) is 12.5 Å². The minimum Gasteiger partial charge on any atom is -0.493 e. The summed E-state index contributed by atoms with van der Waals surface area (Å²) < 4.78 is 5.39. The van der Waals surface area contributed by atoms with Gasteiger partial charge in [0, 0.05) is 6.07 Å². The summed E-state index contributed by atoms with van der Waals surface area (Å²) in [5, 5.41) is 10.5. The number of nitrogens with zero attached hydrogens (tertiary/aromatic N) is 1. The van der Waals surface area contributed by atoms with Crippen LogP contribution in [0.2, 0.25) is 0 Å². The van der Waals surface area contributed by atoms with Crippen LogP contribution in [0.5, 0.6) is 5.75 Å². The quantitative estimate of drug-likeness (QED) is 0.411. The average molecular weight is 209 g/mol. The van der Waals surface area contributed by atoms with Gasteiger partial charge in [0.1, 0.15) is 5.75 Å². The van der Waals surface area contributed by atoms with Gasteiger partial charge in [0.05, 0.1) is 17.6 Å². The smallest absolute Gasteiger partial charge is 0.273 e. The molecular formula is C11H15NO3. The molecule has 4 heteroatoms. The van der Waals surface area contributed by atoms with E-state index in [0.717, 1.165) is 19.3 Å². The number of non-ortho nitro benzene ring substituents is 1. The molecule has 0 saturated heterocycles. The minimum atomic E-state index is -0.418. The second-order valence-corrected chi connectivity index (χ2v) is 3.31. The summed E-state index contributed by atoms with van der Waals surface area (Å²) in [7, 11) is 0. The molecule has 0 spiro atoms. The van der Waals surface area contributed by atoms with E-state index in [0.29, 0.717) is 12.4 Å². The van der Waals surface area contributed by atoms with E-state index in [1.165, 1.54) is 12.1 Å². The Morgan fingerprint density at radius 1 is 1.40 bits per heavy atom. The fraction of sp³-hybridized carbons (Fsp3) is 0.455. The van der Waals surface area contributed by atoms with Crippen LogP contribution in [-0.2, 0) is 0 Å². The lowest BCUT2D eigenvalue weighted by Crippen LogP contribution is -1.97. The Kier molecular flexibility index (Phi) is 4.60. The first kappa shape index (κ1) is 11.5. The predicted octanol–water partition coefficient (Wildman–Crippen LogP) is 3.16. The van der Waals surface area contributed by atoms with E-state index >= 15 is 0 Å².